The molecule has 63 heavy (non-hydrogen) atoms. The minimum Gasteiger partial charge on any atom is -0.508 e. The molecule has 1 aliphatic carbocycles. The lowest BCUT2D eigenvalue weighted by Crippen LogP contribution is -2.60. The number of benzene rings is 6. The van der Waals surface area contributed by atoms with E-state index < -0.39 is 73.2 Å². The van der Waals surface area contributed by atoms with Crippen LogP contribution < -0.4 is 9.47 Å². The third kappa shape index (κ3) is 7.44. The molecular weight excluding hydrogens is 817 g/mol. The Kier molecular flexibility index (Phi) is 10.7. The molecule has 3 aliphatic rings. The summed E-state index contributed by atoms with van der Waals surface area (Å²) in [7, 11) is 0. The fourth-order valence-corrected chi connectivity index (χ4v) is 9.64. The van der Waals surface area contributed by atoms with Gasteiger partial charge < -0.3 is 75.5 Å². The van der Waals surface area contributed by atoms with E-state index >= 15 is 0 Å². The summed E-state index contributed by atoms with van der Waals surface area (Å²) < 4.78 is 18.0. The summed E-state index contributed by atoms with van der Waals surface area (Å²) in [6, 6.07) is 28.5. The molecule has 0 amide bonds. The second-order valence-corrected chi connectivity index (χ2v) is 16.3. The Bertz CT molecular complexity index is 2610. The van der Waals surface area contributed by atoms with Crippen LogP contribution in [0.1, 0.15) is 80.4 Å². The van der Waals surface area contributed by atoms with Gasteiger partial charge in [-0.05, 0) is 94.0 Å². The molecule has 2 aliphatic heterocycles. The van der Waals surface area contributed by atoms with Gasteiger partial charge in [0, 0.05) is 47.1 Å². The fourth-order valence-electron chi connectivity index (χ4n) is 9.64. The highest BCUT2D eigenvalue weighted by atomic mass is 16.7. The van der Waals surface area contributed by atoms with Gasteiger partial charge >= 0.3 is 0 Å². The van der Waals surface area contributed by atoms with Crippen molar-refractivity contribution in [3.8, 4) is 51.7 Å². The van der Waals surface area contributed by atoms with E-state index in [4.69, 9.17) is 14.2 Å². The predicted molar refractivity (Wildman–Crippen MR) is 222 cm³/mol. The van der Waals surface area contributed by atoms with Gasteiger partial charge in [-0.1, -0.05) is 36.4 Å². The summed E-state index contributed by atoms with van der Waals surface area (Å²) in [5.74, 6) is -4.39. The van der Waals surface area contributed by atoms with E-state index in [0.717, 1.165) is 0 Å². The summed E-state index contributed by atoms with van der Waals surface area (Å²) in [4.78, 5) is 0. The van der Waals surface area contributed by atoms with Gasteiger partial charge in [-0.2, -0.15) is 0 Å². The minimum absolute atomic E-state index is 0.00738. The normalized spacial score (nSPS) is 26.7. The Balaban J connectivity index is 1.21. The number of hydrogen-bond donors (Lipinski definition) is 12. The molecule has 1 saturated heterocycles. The molecule has 11 atom stereocenters. The molecule has 0 saturated carbocycles. The first kappa shape index (κ1) is 41.6. The molecule has 326 valence electrons. The molecule has 15 heteroatoms. The van der Waals surface area contributed by atoms with Crippen LogP contribution in [-0.4, -0.2) is 98.6 Å². The van der Waals surface area contributed by atoms with Gasteiger partial charge in [-0.15, -0.1) is 0 Å². The summed E-state index contributed by atoms with van der Waals surface area (Å²) in [6.45, 7) is -0.654. The van der Waals surface area contributed by atoms with Crippen LogP contribution in [0.15, 0.2) is 115 Å². The highest BCUT2D eigenvalue weighted by molar-refractivity contribution is 5.65. The fraction of sp³-hybridized carbons (Fsp3) is 0.250. The minimum atomic E-state index is -1.67. The number of hydrogen-bond acceptors (Lipinski definition) is 15. The Labute approximate surface area is 359 Å². The van der Waals surface area contributed by atoms with Gasteiger partial charge in [0.2, 0.25) is 6.29 Å². The maximum Gasteiger partial charge on any atom is 0.229 e. The number of aromatic hydroxyl groups is 7. The Morgan fingerprint density at radius 2 is 1.13 bits per heavy atom. The maximum atomic E-state index is 12.7. The molecule has 1 unspecified atom stereocenters. The van der Waals surface area contributed by atoms with E-state index in [2.05, 4.69) is 0 Å². The zero-order chi connectivity index (χ0) is 44.4. The Morgan fingerprint density at radius 3 is 1.76 bits per heavy atom. The molecular formula is C48H44O15. The number of fused-ring (bicyclic) bond motifs is 2. The summed E-state index contributed by atoms with van der Waals surface area (Å²) >= 11 is 0. The standard InChI is InChI=1S/C48H44O15/c49-20-36-44(58)45(59)46(60)48(63-36)61-31-11-5-22(6-12-31)43(57)42-32-16-29(54)18-34(56)39(32)37(21-1-7-25(50)8-2-21)41(42)33-17-30(55)19-35-40(33)38(24-13-27(52)15-28(53)14-24)47(62-35)23-3-9-26(51)10-4-23/h1-19,36-38,41-60H,20H2/t36-,37+,38+,41?,42+,43-,44-,45+,46-,47-,48-/m1/s1. The highest BCUT2D eigenvalue weighted by Crippen LogP contribution is 2.65. The van der Waals surface area contributed by atoms with Crippen LogP contribution in [0, 0.1) is 0 Å². The SMILES string of the molecule is OC[C@H]1O[C@@H](Oc2ccc([C@@H](O)[C@H]3c4cc(O)cc(O)c4[C@H](c4ccc(O)cc4)C3c3cc(O)cc4c3[C@H](c3cc(O)cc(O)c3)[C@@H](c3ccc(O)cc3)O4)cc2)[C@H](O)[C@@H](O)[C@@H]1O. The van der Waals surface area contributed by atoms with Crippen LogP contribution >= 0.6 is 0 Å². The molecule has 6 aromatic rings. The maximum absolute atomic E-state index is 12.7. The first-order chi connectivity index (χ1) is 30.2. The number of rotatable bonds is 9. The van der Waals surface area contributed by atoms with Crippen molar-refractivity contribution < 1.29 is 75.5 Å². The van der Waals surface area contributed by atoms with Crippen molar-refractivity contribution in [2.75, 3.05) is 6.61 Å². The van der Waals surface area contributed by atoms with Crippen molar-refractivity contribution in [1.29, 1.82) is 0 Å². The lowest BCUT2D eigenvalue weighted by atomic mass is 9.71. The first-order valence-electron chi connectivity index (χ1n) is 20.2. The molecule has 9 rings (SSSR count). The van der Waals surface area contributed by atoms with Gasteiger partial charge in [0.25, 0.3) is 0 Å². The average molecular weight is 861 g/mol. The van der Waals surface area contributed by atoms with Crippen molar-refractivity contribution in [2.24, 2.45) is 0 Å². The van der Waals surface area contributed by atoms with Crippen LogP contribution in [0.25, 0.3) is 0 Å². The lowest BCUT2D eigenvalue weighted by Gasteiger charge is -2.39. The van der Waals surface area contributed by atoms with Crippen LogP contribution in [0.5, 0.6) is 51.7 Å². The van der Waals surface area contributed by atoms with Gasteiger partial charge in [-0.25, -0.2) is 0 Å². The summed E-state index contributed by atoms with van der Waals surface area (Å²) in [5.41, 5.74) is 3.64. The molecule has 12 N–H and O–H groups in total. The van der Waals surface area contributed by atoms with Crippen LogP contribution in [0.4, 0.5) is 0 Å². The monoisotopic (exact) mass is 860 g/mol. The van der Waals surface area contributed by atoms with Gasteiger partial charge in [0.05, 0.1) is 18.6 Å². The lowest BCUT2D eigenvalue weighted by molar-refractivity contribution is -0.277. The largest absolute Gasteiger partial charge is 0.508 e. The van der Waals surface area contributed by atoms with Crippen molar-refractivity contribution in [1.82, 2.24) is 0 Å². The van der Waals surface area contributed by atoms with Crippen molar-refractivity contribution >= 4 is 0 Å². The smallest absolute Gasteiger partial charge is 0.229 e. The molecule has 0 spiro atoms. The predicted octanol–water partition coefficient (Wildman–Crippen LogP) is 4.82. The van der Waals surface area contributed by atoms with E-state index in [-0.39, 0.29) is 51.7 Å². The third-order valence-electron chi connectivity index (χ3n) is 12.4. The number of phenolic OH excluding ortho intramolecular Hbond substituents is 7. The van der Waals surface area contributed by atoms with Gasteiger partial charge in [-0.3, -0.25) is 0 Å². The first-order valence-corrected chi connectivity index (χ1v) is 20.2. The van der Waals surface area contributed by atoms with E-state index in [1.54, 1.807) is 36.4 Å². The number of ether oxygens (including phenoxy) is 3. The second kappa shape index (κ2) is 16.2. The highest BCUT2D eigenvalue weighted by Gasteiger charge is 2.51. The quantitative estimate of drug-likeness (QED) is 0.0930. The van der Waals surface area contributed by atoms with Crippen molar-refractivity contribution in [3.63, 3.8) is 0 Å². The number of phenols is 7. The molecule has 15 nitrogen and oxygen atoms in total. The molecule has 1 fully saturated rings. The second-order valence-electron chi connectivity index (χ2n) is 16.3. The number of aliphatic hydroxyl groups is 5. The Morgan fingerprint density at radius 1 is 0.540 bits per heavy atom. The van der Waals surface area contributed by atoms with E-state index in [1.807, 2.05) is 0 Å². The molecule has 0 bridgehead atoms. The molecule has 2 heterocycles. The molecule has 0 aromatic heterocycles. The zero-order valence-corrected chi connectivity index (χ0v) is 33.1. The van der Waals surface area contributed by atoms with E-state index in [0.29, 0.717) is 44.5 Å². The van der Waals surface area contributed by atoms with Crippen LogP contribution in [0.2, 0.25) is 0 Å². The zero-order valence-electron chi connectivity index (χ0n) is 33.1. The third-order valence-corrected chi connectivity index (χ3v) is 12.4. The van der Waals surface area contributed by atoms with Gasteiger partial charge in [0.15, 0.2) is 0 Å². The number of aliphatic hydroxyl groups excluding tert-OH is 5. The van der Waals surface area contributed by atoms with Crippen molar-refractivity contribution in [2.45, 2.75) is 66.6 Å². The van der Waals surface area contributed by atoms with Crippen molar-refractivity contribution in [3.05, 3.63) is 160 Å². The topological polar surface area (TPSA) is 270 Å². The van der Waals surface area contributed by atoms with E-state index in [1.165, 1.54) is 78.9 Å². The molecule has 6 aromatic carbocycles. The van der Waals surface area contributed by atoms with Gasteiger partial charge in [0.1, 0.15) is 82.3 Å². The van der Waals surface area contributed by atoms with Crippen LogP contribution in [-0.2, 0) is 4.74 Å². The van der Waals surface area contributed by atoms with E-state index in [9.17, 15) is 61.3 Å². The molecule has 0 radical (unpaired) electrons. The van der Waals surface area contributed by atoms with Crippen LogP contribution in [0.3, 0.4) is 0 Å². The Hall–Kier alpha value is -6.72. The summed E-state index contributed by atoms with van der Waals surface area (Å²) in [5, 5.41) is 130. The average Bonchev–Trinajstić information content (AvgIpc) is 3.80. The summed E-state index contributed by atoms with van der Waals surface area (Å²) in [6.07, 6.45) is -9.87.